The molecule has 170 valence electrons. The Labute approximate surface area is 188 Å². The van der Waals surface area contributed by atoms with E-state index < -0.39 is 6.61 Å². The number of hydrogen-bond acceptors (Lipinski definition) is 8. The fraction of sp³-hybridized carbons (Fsp3) is 0.429. The first-order chi connectivity index (χ1) is 15.5. The molecule has 1 aliphatic carbocycles. The smallest absolute Gasteiger partial charge is 0.387 e. The summed E-state index contributed by atoms with van der Waals surface area (Å²) < 4.78 is 29.1. The van der Waals surface area contributed by atoms with Crippen molar-refractivity contribution in [2.45, 2.75) is 50.8 Å². The van der Waals surface area contributed by atoms with E-state index in [0.717, 1.165) is 25.7 Å². The van der Waals surface area contributed by atoms with Crippen LogP contribution in [0.15, 0.2) is 41.5 Å². The number of benzene rings is 1. The Hall–Kier alpha value is -3.08. The van der Waals surface area contributed by atoms with Gasteiger partial charge in [0.25, 0.3) is 0 Å². The Morgan fingerprint density at radius 1 is 1.22 bits per heavy atom. The van der Waals surface area contributed by atoms with Crippen molar-refractivity contribution in [3.63, 3.8) is 0 Å². The Morgan fingerprint density at radius 2 is 2.03 bits per heavy atom. The van der Waals surface area contributed by atoms with E-state index in [4.69, 9.17) is 0 Å². The number of aromatic nitrogens is 2. The fourth-order valence-corrected chi connectivity index (χ4v) is 4.69. The molecule has 0 radical (unpaired) electrons. The van der Waals surface area contributed by atoms with Crippen LogP contribution in [0.5, 0.6) is 5.75 Å². The lowest BCUT2D eigenvalue weighted by Crippen LogP contribution is -2.37. The molecule has 4 rings (SSSR count). The summed E-state index contributed by atoms with van der Waals surface area (Å²) in [6.07, 6.45) is 10.1. The summed E-state index contributed by atoms with van der Waals surface area (Å²) in [5, 5.41) is 19.4. The molecular weight excluding hydrogens is 438 g/mol. The van der Waals surface area contributed by atoms with Gasteiger partial charge in [-0.05, 0) is 55.4 Å². The Kier molecular flexibility index (Phi) is 7.25. The van der Waals surface area contributed by atoms with Crippen LogP contribution < -0.4 is 20.8 Å². The number of carbonyl (C=O) groups excluding carboxylic acids is 1. The van der Waals surface area contributed by atoms with Crippen molar-refractivity contribution < 1.29 is 18.3 Å². The standard InChI is InChI=1S/C21H24F2N6O2S/c22-19(23)31-16-4-1-3-13(11-16)12-18(30)26-21-29-28-20(32-21)25-15-8-6-14(7-9-15)17-5-2-10-24-27-17/h1-5,10-11,14-15,17,19,27H,6-9,12H2,(H,25,28)(H,26,29,30). The van der Waals surface area contributed by atoms with Crippen LogP contribution in [-0.4, -0.2) is 41.0 Å². The molecule has 0 spiro atoms. The SMILES string of the molecule is O=C(Cc1cccc(OC(F)F)c1)Nc1nnc(NC2CCC(C3C=CC=NN3)CC2)s1. The summed E-state index contributed by atoms with van der Waals surface area (Å²) in [5.74, 6) is 0.277. The van der Waals surface area contributed by atoms with E-state index in [-0.39, 0.29) is 18.1 Å². The molecule has 1 amide bonds. The molecule has 0 saturated heterocycles. The number of nitrogens with one attached hydrogen (secondary N) is 3. The number of carbonyl (C=O) groups is 1. The maximum atomic E-state index is 12.3. The zero-order valence-corrected chi connectivity index (χ0v) is 18.0. The zero-order chi connectivity index (χ0) is 22.3. The third-order valence-corrected chi connectivity index (χ3v) is 6.24. The molecule has 3 N–H and O–H groups in total. The first-order valence-electron chi connectivity index (χ1n) is 10.4. The number of amides is 1. The third-order valence-electron chi connectivity index (χ3n) is 5.47. The van der Waals surface area contributed by atoms with Crippen molar-refractivity contribution in [2.24, 2.45) is 11.0 Å². The van der Waals surface area contributed by atoms with Gasteiger partial charge in [-0.25, -0.2) is 0 Å². The molecule has 2 heterocycles. The van der Waals surface area contributed by atoms with Gasteiger partial charge in [-0.15, -0.1) is 10.2 Å². The minimum absolute atomic E-state index is 0.0144. The highest BCUT2D eigenvalue weighted by molar-refractivity contribution is 7.19. The second kappa shape index (κ2) is 10.5. The minimum atomic E-state index is -2.91. The van der Waals surface area contributed by atoms with Crippen molar-refractivity contribution in [1.29, 1.82) is 0 Å². The maximum absolute atomic E-state index is 12.3. The van der Waals surface area contributed by atoms with Gasteiger partial charge >= 0.3 is 6.61 Å². The molecule has 2 aliphatic rings. The number of allylic oxidation sites excluding steroid dienone is 1. The molecule has 8 nitrogen and oxygen atoms in total. The van der Waals surface area contributed by atoms with Crippen molar-refractivity contribution in [3.8, 4) is 5.75 Å². The monoisotopic (exact) mass is 462 g/mol. The lowest BCUT2D eigenvalue weighted by molar-refractivity contribution is -0.115. The number of hydrogen-bond donors (Lipinski definition) is 3. The summed E-state index contributed by atoms with van der Waals surface area (Å²) in [6.45, 7) is -2.91. The van der Waals surface area contributed by atoms with Gasteiger partial charge in [-0.2, -0.15) is 13.9 Å². The lowest BCUT2D eigenvalue weighted by atomic mass is 9.81. The number of alkyl halides is 2. The maximum Gasteiger partial charge on any atom is 0.387 e. The fourth-order valence-electron chi connectivity index (χ4n) is 3.96. The van der Waals surface area contributed by atoms with E-state index in [1.807, 2.05) is 6.08 Å². The van der Waals surface area contributed by atoms with E-state index in [2.05, 4.69) is 42.2 Å². The van der Waals surface area contributed by atoms with E-state index in [1.165, 1.54) is 23.5 Å². The van der Waals surface area contributed by atoms with E-state index in [0.29, 0.717) is 33.8 Å². The van der Waals surface area contributed by atoms with Crippen LogP contribution in [0.4, 0.5) is 19.0 Å². The number of hydrazone groups is 1. The number of nitrogens with zero attached hydrogens (tertiary/aromatic N) is 3. The van der Waals surface area contributed by atoms with Crippen LogP contribution in [0.3, 0.4) is 0 Å². The summed E-state index contributed by atoms with van der Waals surface area (Å²) in [6, 6.07) is 6.69. The van der Waals surface area contributed by atoms with E-state index >= 15 is 0 Å². The summed E-state index contributed by atoms with van der Waals surface area (Å²) in [7, 11) is 0. The zero-order valence-electron chi connectivity index (χ0n) is 17.2. The normalized spacial score (nSPS) is 22.4. The number of rotatable bonds is 8. The van der Waals surface area contributed by atoms with E-state index in [1.54, 1.807) is 18.3 Å². The van der Waals surface area contributed by atoms with Crippen LogP contribution in [-0.2, 0) is 11.2 Å². The van der Waals surface area contributed by atoms with Gasteiger partial charge in [0.2, 0.25) is 16.2 Å². The number of halogens is 2. The molecule has 0 bridgehead atoms. The predicted molar refractivity (Wildman–Crippen MR) is 119 cm³/mol. The van der Waals surface area contributed by atoms with Crippen LogP contribution in [0.2, 0.25) is 0 Å². The quantitative estimate of drug-likeness (QED) is 0.552. The first kappa shape index (κ1) is 22.1. The Bertz CT molecular complexity index is 975. The molecule has 2 aromatic rings. The van der Waals surface area contributed by atoms with Gasteiger partial charge in [0, 0.05) is 12.3 Å². The predicted octanol–water partition coefficient (Wildman–Crippen LogP) is 3.81. The molecule has 1 fully saturated rings. The summed E-state index contributed by atoms with van der Waals surface area (Å²) in [5.41, 5.74) is 3.73. The average Bonchev–Trinajstić information content (AvgIpc) is 3.21. The molecule has 1 aliphatic heterocycles. The average molecular weight is 463 g/mol. The van der Waals surface area contributed by atoms with Crippen LogP contribution in [0.25, 0.3) is 0 Å². The second-order valence-corrected chi connectivity index (χ2v) is 8.71. The van der Waals surface area contributed by atoms with Crippen molar-refractivity contribution in [2.75, 3.05) is 10.6 Å². The van der Waals surface area contributed by atoms with Crippen LogP contribution >= 0.6 is 11.3 Å². The molecule has 11 heteroatoms. The lowest BCUT2D eigenvalue weighted by Gasteiger charge is -2.33. The highest BCUT2D eigenvalue weighted by Gasteiger charge is 2.27. The molecule has 1 saturated carbocycles. The van der Waals surface area contributed by atoms with Gasteiger partial charge in [-0.3, -0.25) is 4.79 Å². The molecule has 1 atom stereocenters. The van der Waals surface area contributed by atoms with E-state index in [9.17, 15) is 13.6 Å². The highest BCUT2D eigenvalue weighted by Crippen LogP contribution is 2.31. The molecular formula is C21H24F2N6O2S. The molecule has 32 heavy (non-hydrogen) atoms. The van der Waals surface area contributed by atoms with Crippen molar-refractivity contribution in [1.82, 2.24) is 15.6 Å². The largest absolute Gasteiger partial charge is 0.435 e. The molecule has 1 unspecified atom stereocenters. The highest BCUT2D eigenvalue weighted by atomic mass is 32.1. The Morgan fingerprint density at radius 3 is 2.78 bits per heavy atom. The van der Waals surface area contributed by atoms with Gasteiger partial charge in [0.05, 0.1) is 12.5 Å². The van der Waals surface area contributed by atoms with Gasteiger partial charge in [0.1, 0.15) is 5.75 Å². The molecule has 1 aromatic heterocycles. The Balaban J connectivity index is 1.23. The third kappa shape index (κ3) is 6.22. The van der Waals surface area contributed by atoms with Gasteiger partial charge < -0.3 is 20.8 Å². The first-order valence-corrected chi connectivity index (χ1v) is 11.3. The summed E-state index contributed by atoms with van der Waals surface area (Å²) >= 11 is 1.27. The topological polar surface area (TPSA) is 101 Å². The minimum Gasteiger partial charge on any atom is -0.435 e. The number of ether oxygens (including phenoxy) is 1. The summed E-state index contributed by atoms with van der Waals surface area (Å²) in [4.78, 5) is 12.3. The van der Waals surface area contributed by atoms with Crippen molar-refractivity contribution >= 4 is 33.7 Å². The van der Waals surface area contributed by atoms with Crippen molar-refractivity contribution in [3.05, 3.63) is 42.0 Å². The van der Waals surface area contributed by atoms with Crippen LogP contribution in [0.1, 0.15) is 31.2 Å². The number of anilines is 2. The second-order valence-electron chi connectivity index (χ2n) is 7.74. The molecule has 1 aromatic carbocycles. The van der Waals surface area contributed by atoms with Crippen LogP contribution in [0, 0.1) is 5.92 Å². The van der Waals surface area contributed by atoms with Gasteiger partial charge in [0.15, 0.2) is 0 Å². The van der Waals surface area contributed by atoms with Gasteiger partial charge in [-0.1, -0.05) is 29.5 Å².